The lowest BCUT2D eigenvalue weighted by atomic mass is 10.2. The molecule has 0 saturated heterocycles. The van der Waals surface area contributed by atoms with Crippen LogP contribution in [0.15, 0.2) is 42.5 Å². The van der Waals surface area contributed by atoms with E-state index in [0.717, 1.165) is 11.3 Å². The van der Waals surface area contributed by atoms with Crippen molar-refractivity contribution in [1.82, 2.24) is 0 Å². The summed E-state index contributed by atoms with van der Waals surface area (Å²) in [5, 5.41) is 1.09. The van der Waals surface area contributed by atoms with Gasteiger partial charge in [-0.2, -0.15) is 0 Å². The number of benzene rings is 2. The first-order valence-corrected chi connectivity index (χ1v) is 5.86. The molecule has 0 fully saturated rings. The van der Waals surface area contributed by atoms with Crippen LogP contribution in [-0.2, 0) is 6.54 Å². The molecule has 2 aromatic carbocycles. The molecule has 96 valence electrons. The monoisotopic (exact) mass is 303 g/mol. The van der Waals surface area contributed by atoms with Crippen molar-refractivity contribution >= 4 is 35.6 Å². The van der Waals surface area contributed by atoms with Gasteiger partial charge in [-0.05, 0) is 35.9 Å². The van der Waals surface area contributed by atoms with Crippen LogP contribution in [0, 0.1) is 0 Å². The maximum atomic E-state index is 5.88. The maximum absolute atomic E-state index is 5.88. The molecule has 2 nitrogen and oxygen atoms in total. The Hall–Kier alpha value is -0.930. The van der Waals surface area contributed by atoms with E-state index in [1.54, 1.807) is 18.2 Å². The van der Waals surface area contributed by atoms with Gasteiger partial charge < -0.3 is 10.5 Å². The Morgan fingerprint density at radius 2 is 1.44 bits per heavy atom. The zero-order chi connectivity index (χ0) is 12.3. The quantitative estimate of drug-likeness (QED) is 0.894. The molecule has 0 aliphatic rings. The Labute approximate surface area is 122 Å². The molecular weight excluding hydrogens is 293 g/mol. The molecule has 0 aliphatic carbocycles. The second-order valence-corrected chi connectivity index (χ2v) is 4.43. The summed E-state index contributed by atoms with van der Waals surface area (Å²) in [4.78, 5) is 0. The molecule has 0 aliphatic heterocycles. The van der Waals surface area contributed by atoms with Crippen LogP contribution >= 0.6 is 35.6 Å². The van der Waals surface area contributed by atoms with Crippen LogP contribution < -0.4 is 10.5 Å². The van der Waals surface area contributed by atoms with E-state index in [-0.39, 0.29) is 12.4 Å². The minimum Gasteiger partial charge on any atom is -0.457 e. The third kappa shape index (κ3) is 4.07. The fourth-order valence-corrected chi connectivity index (χ4v) is 1.92. The fourth-order valence-electron chi connectivity index (χ4n) is 1.42. The second-order valence-electron chi connectivity index (χ2n) is 3.56. The smallest absolute Gasteiger partial charge is 0.130 e. The summed E-state index contributed by atoms with van der Waals surface area (Å²) in [6.45, 7) is 0.517. The van der Waals surface area contributed by atoms with Gasteiger partial charge >= 0.3 is 0 Å². The number of ether oxygens (including phenoxy) is 1. The van der Waals surface area contributed by atoms with Crippen LogP contribution in [0.2, 0.25) is 10.0 Å². The largest absolute Gasteiger partial charge is 0.457 e. The van der Waals surface area contributed by atoms with Crippen LogP contribution in [0.1, 0.15) is 5.56 Å². The number of hydrogen-bond acceptors (Lipinski definition) is 2. The van der Waals surface area contributed by atoms with Gasteiger partial charge in [0, 0.05) is 16.6 Å². The molecule has 18 heavy (non-hydrogen) atoms. The Morgan fingerprint density at radius 3 is 1.94 bits per heavy atom. The molecule has 5 heteroatoms. The number of nitrogens with two attached hydrogens (primary N) is 1. The first-order valence-electron chi connectivity index (χ1n) is 5.10. The van der Waals surface area contributed by atoms with Gasteiger partial charge in [0.05, 0.1) is 0 Å². The SMILES string of the molecule is Cl.NCc1ccc(Oc2cc(Cl)cc(Cl)c2)cc1. The van der Waals surface area contributed by atoms with Crippen LogP contribution in [0.5, 0.6) is 11.5 Å². The predicted molar refractivity (Wildman–Crippen MR) is 78.1 cm³/mol. The number of halogens is 3. The van der Waals surface area contributed by atoms with Crippen molar-refractivity contribution in [2.75, 3.05) is 0 Å². The van der Waals surface area contributed by atoms with Gasteiger partial charge in [-0.3, -0.25) is 0 Å². The zero-order valence-electron chi connectivity index (χ0n) is 9.40. The molecule has 2 aromatic rings. The van der Waals surface area contributed by atoms with Crippen LogP contribution in [0.25, 0.3) is 0 Å². The zero-order valence-corrected chi connectivity index (χ0v) is 11.7. The highest BCUT2D eigenvalue weighted by molar-refractivity contribution is 6.34. The van der Waals surface area contributed by atoms with E-state index in [0.29, 0.717) is 22.3 Å². The summed E-state index contributed by atoms with van der Waals surface area (Å²) in [6, 6.07) is 12.6. The highest BCUT2D eigenvalue weighted by atomic mass is 35.5. The Bertz CT molecular complexity index is 494. The van der Waals surface area contributed by atoms with E-state index in [1.807, 2.05) is 24.3 Å². The molecule has 2 rings (SSSR count). The van der Waals surface area contributed by atoms with E-state index in [2.05, 4.69) is 0 Å². The third-order valence-corrected chi connectivity index (χ3v) is 2.67. The second kappa shape index (κ2) is 6.86. The van der Waals surface area contributed by atoms with E-state index in [1.165, 1.54) is 0 Å². The van der Waals surface area contributed by atoms with Gasteiger partial charge in [-0.25, -0.2) is 0 Å². The summed E-state index contributed by atoms with van der Waals surface area (Å²) >= 11 is 11.8. The topological polar surface area (TPSA) is 35.2 Å². The summed E-state index contributed by atoms with van der Waals surface area (Å²) in [5.41, 5.74) is 6.57. The molecule has 0 spiro atoms. The van der Waals surface area contributed by atoms with Crippen molar-refractivity contribution in [3.63, 3.8) is 0 Å². The maximum Gasteiger partial charge on any atom is 0.130 e. The van der Waals surface area contributed by atoms with Gasteiger partial charge in [0.1, 0.15) is 11.5 Å². The lowest BCUT2D eigenvalue weighted by Gasteiger charge is -2.07. The van der Waals surface area contributed by atoms with Gasteiger partial charge in [0.2, 0.25) is 0 Å². The Morgan fingerprint density at radius 1 is 0.889 bits per heavy atom. The summed E-state index contributed by atoms with van der Waals surface area (Å²) < 4.78 is 5.63. The Balaban J connectivity index is 0.00000162. The molecule has 0 atom stereocenters. The summed E-state index contributed by atoms with van der Waals surface area (Å²) in [5.74, 6) is 1.34. The van der Waals surface area contributed by atoms with Crippen molar-refractivity contribution in [2.24, 2.45) is 5.73 Å². The van der Waals surface area contributed by atoms with Crippen molar-refractivity contribution in [3.05, 3.63) is 58.1 Å². The van der Waals surface area contributed by atoms with E-state index >= 15 is 0 Å². The lowest BCUT2D eigenvalue weighted by Crippen LogP contribution is -1.95. The minimum absolute atomic E-state index is 0. The summed E-state index contributed by atoms with van der Waals surface area (Å²) in [6.07, 6.45) is 0. The van der Waals surface area contributed by atoms with Gasteiger partial charge in [0.25, 0.3) is 0 Å². The van der Waals surface area contributed by atoms with Gasteiger partial charge in [-0.1, -0.05) is 35.3 Å². The Kier molecular flexibility index (Phi) is 5.76. The number of rotatable bonds is 3. The first kappa shape index (κ1) is 15.1. The van der Waals surface area contributed by atoms with Crippen LogP contribution in [0.3, 0.4) is 0 Å². The minimum atomic E-state index is 0. The molecule has 2 N–H and O–H groups in total. The fraction of sp³-hybridized carbons (Fsp3) is 0.0769. The molecule has 0 bridgehead atoms. The van der Waals surface area contributed by atoms with E-state index in [9.17, 15) is 0 Å². The van der Waals surface area contributed by atoms with Gasteiger partial charge in [0.15, 0.2) is 0 Å². The molecule has 0 heterocycles. The normalized spacial score (nSPS) is 9.72. The van der Waals surface area contributed by atoms with Crippen LogP contribution in [-0.4, -0.2) is 0 Å². The molecule has 0 saturated carbocycles. The van der Waals surface area contributed by atoms with Crippen LogP contribution in [0.4, 0.5) is 0 Å². The first-order chi connectivity index (χ1) is 8.17. The highest BCUT2D eigenvalue weighted by Gasteiger charge is 2.01. The standard InChI is InChI=1S/C13H11Cl2NO.ClH/c14-10-5-11(15)7-13(6-10)17-12-3-1-9(8-16)2-4-12;/h1-7H,8,16H2;1H. The van der Waals surface area contributed by atoms with E-state index in [4.69, 9.17) is 33.7 Å². The highest BCUT2D eigenvalue weighted by Crippen LogP contribution is 2.28. The molecular formula is C13H12Cl3NO. The lowest BCUT2D eigenvalue weighted by molar-refractivity contribution is 0.482. The number of hydrogen-bond donors (Lipinski definition) is 1. The molecule has 0 radical (unpaired) electrons. The molecule has 0 amide bonds. The van der Waals surface area contributed by atoms with E-state index < -0.39 is 0 Å². The third-order valence-electron chi connectivity index (χ3n) is 2.23. The molecule has 0 unspecified atom stereocenters. The summed E-state index contributed by atoms with van der Waals surface area (Å²) in [7, 11) is 0. The predicted octanol–water partition coefficient (Wildman–Crippen LogP) is 4.67. The van der Waals surface area contributed by atoms with Crippen molar-refractivity contribution in [2.45, 2.75) is 6.54 Å². The van der Waals surface area contributed by atoms with Gasteiger partial charge in [-0.15, -0.1) is 12.4 Å². The average Bonchev–Trinajstić information content (AvgIpc) is 2.28. The van der Waals surface area contributed by atoms with Crippen molar-refractivity contribution < 1.29 is 4.74 Å². The average molecular weight is 305 g/mol. The van der Waals surface area contributed by atoms with Crippen molar-refractivity contribution in [1.29, 1.82) is 0 Å². The molecule has 0 aromatic heterocycles. The van der Waals surface area contributed by atoms with Crippen molar-refractivity contribution in [3.8, 4) is 11.5 Å².